The summed E-state index contributed by atoms with van der Waals surface area (Å²) in [4.78, 5) is 15.2. The van der Waals surface area contributed by atoms with Gasteiger partial charge in [0.25, 0.3) is 0 Å². The van der Waals surface area contributed by atoms with Crippen molar-refractivity contribution in [2.45, 2.75) is 6.92 Å². The Kier molecular flexibility index (Phi) is 6.57. The summed E-state index contributed by atoms with van der Waals surface area (Å²) in [7, 11) is 3.31. The van der Waals surface area contributed by atoms with E-state index in [1.165, 1.54) is 6.33 Å². The third-order valence-corrected chi connectivity index (χ3v) is 4.29. The first-order chi connectivity index (χ1) is 13.6. The van der Waals surface area contributed by atoms with Gasteiger partial charge in [-0.25, -0.2) is 9.97 Å². The van der Waals surface area contributed by atoms with Crippen molar-refractivity contribution in [1.82, 2.24) is 15.0 Å². The largest absolute Gasteiger partial charge is 0.435 e. The number of nitrogens with two attached hydrogens (primary N) is 1. The second kappa shape index (κ2) is 9.29. The first-order valence-corrected chi connectivity index (χ1v) is 9.01. The lowest BCUT2D eigenvalue weighted by molar-refractivity contribution is 0.190. The summed E-state index contributed by atoms with van der Waals surface area (Å²) in [6.45, 7) is 4.26. The van der Waals surface area contributed by atoms with E-state index < -0.39 is 0 Å². The van der Waals surface area contributed by atoms with Crippen LogP contribution in [0.4, 0.5) is 11.5 Å². The van der Waals surface area contributed by atoms with E-state index >= 15 is 0 Å². The minimum absolute atomic E-state index is 0.292. The lowest BCUT2D eigenvalue weighted by Gasteiger charge is -2.24. The SMILES string of the molecule is COCCN(CCOC)c1ncnc(Oc2cccc3ccc(C)nc23)c1N. The Morgan fingerprint density at radius 2 is 1.75 bits per heavy atom. The Morgan fingerprint density at radius 3 is 2.46 bits per heavy atom. The highest BCUT2D eigenvalue weighted by atomic mass is 16.5. The van der Waals surface area contributed by atoms with Crippen LogP contribution in [0.15, 0.2) is 36.7 Å². The summed E-state index contributed by atoms with van der Waals surface area (Å²) >= 11 is 0. The quantitative estimate of drug-likeness (QED) is 0.603. The monoisotopic (exact) mass is 383 g/mol. The van der Waals surface area contributed by atoms with E-state index in [-0.39, 0.29) is 0 Å². The van der Waals surface area contributed by atoms with Crippen LogP contribution in [-0.4, -0.2) is 55.5 Å². The van der Waals surface area contributed by atoms with Crippen LogP contribution in [0.3, 0.4) is 0 Å². The number of hydrogen-bond acceptors (Lipinski definition) is 8. The van der Waals surface area contributed by atoms with E-state index in [1.54, 1.807) is 14.2 Å². The zero-order valence-corrected chi connectivity index (χ0v) is 16.4. The van der Waals surface area contributed by atoms with E-state index in [2.05, 4.69) is 15.0 Å². The van der Waals surface area contributed by atoms with E-state index in [9.17, 15) is 0 Å². The smallest absolute Gasteiger partial charge is 0.248 e. The summed E-state index contributed by atoms with van der Waals surface area (Å²) in [5, 5.41) is 0.984. The lowest BCUT2D eigenvalue weighted by atomic mass is 10.2. The second-order valence-electron chi connectivity index (χ2n) is 6.27. The van der Waals surface area contributed by atoms with Gasteiger partial charge in [0.15, 0.2) is 11.6 Å². The van der Waals surface area contributed by atoms with Crippen molar-refractivity contribution in [3.05, 3.63) is 42.4 Å². The Hall–Kier alpha value is -2.97. The third kappa shape index (κ3) is 4.47. The van der Waals surface area contributed by atoms with Crippen molar-refractivity contribution in [3.8, 4) is 11.6 Å². The number of nitrogen functional groups attached to an aromatic ring is 1. The van der Waals surface area contributed by atoms with Crippen LogP contribution < -0.4 is 15.4 Å². The van der Waals surface area contributed by atoms with Gasteiger partial charge in [0.2, 0.25) is 5.88 Å². The maximum absolute atomic E-state index is 6.36. The van der Waals surface area contributed by atoms with Gasteiger partial charge in [-0.2, -0.15) is 4.98 Å². The molecule has 0 bridgehead atoms. The number of methoxy groups -OCH3 is 2. The van der Waals surface area contributed by atoms with Gasteiger partial charge in [-0.1, -0.05) is 18.2 Å². The van der Waals surface area contributed by atoms with Crippen molar-refractivity contribution < 1.29 is 14.2 Å². The molecule has 0 atom stereocenters. The van der Waals surface area contributed by atoms with Crippen molar-refractivity contribution >= 4 is 22.4 Å². The first-order valence-electron chi connectivity index (χ1n) is 9.01. The number of ether oxygens (including phenoxy) is 3. The van der Waals surface area contributed by atoms with Crippen LogP contribution >= 0.6 is 0 Å². The number of fused-ring (bicyclic) bond motifs is 1. The number of para-hydroxylation sites is 1. The molecule has 3 aromatic rings. The molecule has 0 aliphatic carbocycles. The Labute approximate surface area is 164 Å². The average Bonchev–Trinajstić information content (AvgIpc) is 2.70. The molecule has 0 aliphatic heterocycles. The third-order valence-electron chi connectivity index (χ3n) is 4.29. The van der Waals surface area contributed by atoms with Crippen LogP contribution in [0.25, 0.3) is 10.9 Å². The molecule has 0 fully saturated rings. The highest BCUT2D eigenvalue weighted by Crippen LogP contribution is 2.34. The van der Waals surface area contributed by atoms with E-state index in [0.717, 1.165) is 16.6 Å². The zero-order chi connectivity index (χ0) is 19.9. The summed E-state index contributed by atoms with van der Waals surface area (Å²) in [5.41, 5.74) is 8.39. The first kappa shape index (κ1) is 19.8. The molecular weight excluding hydrogens is 358 g/mol. The van der Waals surface area contributed by atoms with Crippen LogP contribution in [0.1, 0.15) is 5.69 Å². The van der Waals surface area contributed by atoms with Crippen molar-refractivity contribution in [2.24, 2.45) is 0 Å². The molecule has 0 amide bonds. The van der Waals surface area contributed by atoms with Crippen molar-refractivity contribution in [2.75, 3.05) is 51.2 Å². The summed E-state index contributed by atoms with van der Waals surface area (Å²) in [6.07, 6.45) is 1.44. The topological polar surface area (TPSA) is 95.6 Å². The average molecular weight is 383 g/mol. The molecule has 0 saturated carbocycles. The van der Waals surface area contributed by atoms with Gasteiger partial charge in [0, 0.05) is 38.4 Å². The number of anilines is 2. The predicted octanol–water partition coefficient (Wildman–Crippen LogP) is 2.81. The number of pyridine rings is 1. The number of hydrogen-bond donors (Lipinski definition) is 1. The van der Waals surface area contributed by atoms with Crippen LogP contribution in [0, 0.1) is 6.92 Å². The molecule has 3 rings (SSSR count). The number of aromatic nitrogens is 3. The molecule has 2 heterocycles. The minimum atomic E-state index is 0.292. The molecule has 0 radical (unpaired) electrons. The molecule has 8 nitrogen and oxygen atoms in total. The number of rotatable bonds is 9. The second-order valence-corrected chi connectivity index (χ2v) is 6.27. The van der Waals surface area contributed by atoms with Crippen LogP contribution in [0.2, 0.25) is 0 Å². The normalized spacial score (nSPS) is 11.0. The minimum Gasteiger partial charge on any atom is -0.435 e. The number of benzene rings is 1. The molecule has 2 N–H and O–H groups in total. The van der Waals surface area contributed by atoms with Gasteiger partial charge in [-0.3, -0.25) is 0 Å². The fourth-order valence-electron chi connectivity index (χ4n) is 2.83. The van der Waals surface area contributed by atoms with Gasteiger partial charge in [0.1, 0.15) is 17.5 Å². The standard InChI is InChI=1S/C20H25N5O3/c1-14-7-8-15-5-4-6-16(18(15)24-14)28-20-17(21)19(22-13-23-20)25(9-11-26-2)10-12-27-3/h4-8,13H,9-12,21H2,1-3H3. The number of nitrogens with zero attached hydrogens (tertiary/aromatic N) is 4. The van der Waals surface area contributed by atoms with Gasteiger partial charge in [0.05, 0.1) is 13.2 Å². The fraction of sp³-hybridized carbons (Fsp3) is 0.350. The van der Waals surface area contributed by atoms with Crippen molar-refractivity contribution in [3.63, 3.8) is 0 Å². The predicted molar refractivity (Wildman–Crippen MR) is 109 cm³/mol. The van der Waals surface area contributed by atoms with Gasteiger partial charge in [-0.05, 0) is 19.1 Å². The summed E-state index contributed by atoms with van der Waals surface area (Å²) < 4.78 is 16.4. The maximum atomic E-state index is 6.36. The van der Waals surface area contributed by atoms with E-state index in [4.69, 9.17) is 19.9 Å². The molecule has 1 aromatic carbocycles. The van der Waals surface area contributed by atoms with E-state index in [0.29, 0.717) is 49.4 Å². The molecule has 0 unspecified atom stereocenters. The molecule has 28 heavy (non-hydrogen) atoms. The Bertz CT molecular complexity index is 927. The maximum Gasteiger partial charge on any atom is 0.248 e. The summed E-state index contributed by atoms with van der Waals surface area (Å²) in [6, 6.07) is 9.73. The molecule has 148 valence electrons. The molecule has 0 spiro atoms. The van der Waals surface area contributed by atoms with Crippen LogP contribution in [-0.2, 0) is 9.47 Å². The van der Waals surface area contributed by atoms with E-state index in [1.807, 2.05) is 42.2 Å². The highest BCUT2D eigenvalue weighted by Gasteiger charge is 2.17. The Morgan fingerprint density at radius 1 is 1.00 bits per heavy atom. The van der Waals surface area contributed by atoms with Gasteiger partial charge < -0.3 is 24.8 Å². The summed E-state index contributed by atoms with van der Waals surface area (Å²) in [5.74, 6) is 1.47. The van der Waals surface area contributed by atoms with Crippen LogP contribution in [0.5, 0.6) is 11.6 Å². The molecule has 0 saturated heterocycles. The molecule has 2 aromatic heterocycles. The lowest BCUT2D eigenvalue weighted by Crippen LogP contribution is -2.32. The fourth-order valence-corrected chi connectivity index (χ4v) is 2.83. The molecule has 8 heteroatoms. The number of aryl methyl sites for hydroxylation is 1. The molecular formula is C20H25N5O3. The molecule has 0 aliphatic rings. The Balaban J connectivity index is 1.93. The van der Waals surface area contributed by atoms with Crippen molar-refractivity contribution in [1.29, 1.82) is 0 Å². The highest BCUT2D eigenvalue weighted by molar-refractivity contribution is 5.85. The van der Waals surface area contributed by atoms with Gasteiger partial charge >= 0.3 is 0 Å². The van der Waals surface area contributed by atoms with Gasteiger partial charge in [-0.15, -0.1) is 0 Å². The zero-order valence-electron chi connectivity index (χ0n) is 16.4.